The molecular formula is C14H21NO3S. The Kier molecular flexibility index (Phi) is 3.99. The van der Waals surface area contributed by atoms with E-state index < -0.39 is 15.4 Å². The number of hydrogen-bond donors (Lipinski definition) is 1. The van der Waals surface area contributed by atoms with Crippen molar-refractivity contribution in [3.63, 3.8) is 0 Å². The van der Waals surface area contributed by atoms with E-state index in [1.165, 1.54) is 0 Å². The molecule has 1 fully saturated rings. The first-order valence-corrected chi connectivity index (χ1v) is 8.35. The zero-order chi connectivity index (χ0) is 14.1. The lowest BCUT2D eigenvalue weighted by Gasteiger charge is -2.38. The third kappa shape index (κ3) is 3.55. The minimum Gasteiger partial charge on any atom is -0.384 e. The molecule has 1 heterocycles. The van der Waals surface area contributed by atoms with Gasteiger partial charge >= 0.3 is 0 Å². The predicted octanol–water partition coefficient (Wildman–Crippen LogP) is 1.01. The number of hydrogen-bond acceptors (Lipinski definition) is 4. The number of aliphatic hydroxyl groups is 1. The van der Waals surface area contributed by atoms with Crippen LogP contribution in [0.1, 0.15) is 19.4 Å². The van der Waals surface area contributed by atoms with Crippen molar-refractivity contribution in [1.29, 1.82) is 0 Å². The van der Waals surface area contributed by atoms with Crippen molar-refractivity contribution in [3.05, 3.63) is 35.9 Å². The highest BCUT2D eigenvalue weighted by Gasteiger charge is 2.33. The molecule has 1 aromatic carbocycles. The smallest absolute Gasteiger partial charge is 0.153 e. The van der Waals surface area contributed by atoms with Crippen LogP contribution < -0.4 is 0 Å². The van der Waals surface area contributed by atoms with E-state index in [2.05, 4.69) is 0 Å². The average molecular weight is 283 g/mol. The molecule has 0 radical (unpaired) electrons. The van der Waals surface area contributed by atoms with Gasteiger partial charge in [-0.3, -0.25) is 4.90 Å². The quantitative estimate of drug-likeness (QED) is 0.899. The molecule has 1 aliphatic rings. The molecule has 19 heavy (non-hydrogen) atoms. The van der Waals surface area contributed by atoms with Crippen LogP contribution in [0.4, 0.5) is 0 Å². The van der Waals surface area contributed by atoms with E-state index in [1.807, 2.05) is 42.2 Å². The van der Waals surface area contributed by atoms with E-state index >= 15 is 0 Å². The predicted molar refractivity (Wildman–Crippen MR) is 75.7 cm³/mol. The second kappa shape index (κ2) is 5.23. The molecule has 0 spiro atoms. The highest BCUT2D eigenvalue weighted by Crippen LogP contribution is 2.24. The van der Waals surface area contributed by atoms with E-state index in [4.69, 9.17) is 0 Å². The van der Waals surface area contributed by atoms with Gasteiger partial charge in [0.15, 0.2) is 9.84 Å². The summed E-state index contributed by atoms with van der Waals surface area (Å²) in [6, 6.07) is 9.45. The number of rotatable bonds is 3. The SMILES string of the molecule is CC1CS(=O)(=O)CCN1CC(C)(O)c1ccccc1. The van der Waals surface area contributed by atoms with Crippen molar-refractivity contribution < 1.29 is 13.5 Å². The van der Waals surface area contributed by atoms with Crippen molar-refractivity contribution in [1.82, 2.24) is 4.90 Å². The fourth-order valence-corrected chi connectivity index (χ4v) is 4.18. The lowest BCUT2D eigenvalue weighted by atomic mass is 9.95. The molecule has 0 aromatic heterocycles. The highest BCUT2D eigenvalue weighted by atomic mass is 32.2. The van der Waals surface area contributed by atoms with Gasteiger partial charge in [0.25, 0.3) is 0 Å². The van der Waals surface area contributed by atoms with E-state index in [-0.39, 0.29) is 17.5 Å². The van der Waals surface area contributed by atoms with Gasteiger partial charge in [-0.15, -0.1) is 0 Å². The molecule has 2 unspecified atom stereocenters. The Balaban J connectivity index is 2.09. The second-order valence-electron chi connectivity index (χ2n) is 5.57. The molecule has 0 saturated carbocycles. The van der Waals surface area contributed by atoms with Gasteiger partial charge in [-0.25, -0.2) is 8.42 Å². The maximum absolute atomic E-state index is 11.6. The van der Waals surface area contributed by atoms with E-state index in [9.17, 15) is 13.5 Å². The summed E-state index contributed by atoms with van der Waals surface area (Å²) >= 11 is 0. The molecule has 1 aromatic rings. The maximum atomic E-state index is 11.6. The van der Waals surface area contributed by atoms with Gasteiger partial charge < -0.3 is 5.11 Å². The Hall–Kier alpha value is -0.910. The number of sulfone groups is 1. The van der Waals surface area contributed by atoms with Crippen LogP contribution in [0.2, 0.25) is 0 Å². The summed E-state index contributed by atoms with van der Waals surface area (Å²) < 4.78 is 23.1. The first kappa shape index (κ1) is 14.5. The van der Waals surface area contributed by atoms with Gasteiger partial charge in [0.05, 0.1) is 17.1 Å². The molecule has 1 aliphatic heterocycles. The zero-order valence-corrected chi connectivity index (χ0v) is 12.2. The van der Waals surface area contributed by atoms with Crippen LogP contribution in [-0.4, -0.2) is 49.1 Å². The summed E-state index contributed by atoms with van der Waals surface area (Å²) in [7, 11) is -2.91. The van der Waals surface area contributed by atoms with E-state index in [0.717, 1.165) is 5.56 Å². The molecule has 1 saturated heterocycles. The van der Waals surface area contributed by atoms with Crippen molar-refractivity contribution in [3.8, 4) is 0 Å². The highest BCUT2D eigenvalue weighted by molar-refractivity contribution is 7.91. The summed E-state index contributed by atoms with van der Waals surface area (Å²) in [4.78, 5) is 2.05. The van der Waals surface area contributed by atoms with Crippen LogP contribution in [0.5, 0.6) is 0 Å². The molecule has 2 rings (SSSR count). The summed E-state index contributed by atoms with van der Waals surface area (Å²) in [5, 5.41) is 10.6. The zero-order valence-electron chi connectivity index (χ0n) is 11.4. The van der Waals surface area contributed by atoms with Gasteiger partial charge in [-0.05, 0) is 19.4 Å². The largest absolute Gasteiger partial charge is 0.384 e. The first-order valence-electron chi connectivity index (χ1n) is 6.52. The fraction of sp³-hybridized carbons (Fsp3) is 0.571. The van der Waals surface area contributed by atoms with Crippen molar-refractivity contribution in [2.75, 3.05) is 24.6 Å². The van der Waals surface area contributed by atoms with E-state index in [1.54, 1.807) is 6.92 Å². The van der Waals surface area contributed by atoms with E-state index in [0.29, 0.717) is 13.1 Å². The Bertz CT molecular complexity index is 525. The van der Waals surface area contributed by atoms with Crippen LogP contribution in [0, 0.1) is 0 Å². The fourth-order valence-electron chi connectivity index (χ4n) is 2.55. The van der Waals surface area contributed by atoms with Gasteiger partial charge in [0.1, 0.15) is 0 Å². The first-order chi connectivity index (χ1) is 8.80. The average Bonchev–Trinajstić information content (AvgIpc) is 2.33. The van der Waals surface area contributed by atoms with Crippen molar-refractivity contribution in [2.24, 2.45) is 0 Å². The standard InChI is InChI=1S/C14H21NO3S/c1-12-10-19(17,18)9-8-15(12)11-14(2,16)13-6-4-3-5-7-13/h3-7,12,16H,8-11H2,1-2H3. The second-order valence-corrected chi connectivity index (χ2v) is 7.80. The molecule has 5 heteroatoms. The number of β-amino-alcohol motifs (C(OH)–C–C–N with tert-alkyl or cyclic N) is 1. The topological polar surface area (TPSA) is 57.6 Å². The normalized spacial score (nSPS) is 26.8. The number of benzene rings is 1. The Morgan fingerprint density at radius 1 is 1.37 bits per heavy atom. The molecule has 0 aliphatic carbocycles. The van der Waals surface area contributed by atoms with Gasteiger partial charge in [-0.1, -0.05) is 30.3 Å². The molecule has 106 valence electrons. The van der Waals surface area contributed by atoms with Crippen molar-refractivity contribution in [2.45, 2.75) is 25.5 Å². The van der Waals surface area contributed by atoms with Crippen LogP contribution in [0.3, 0.4) is 0 Å². The van der Waals surface area contributed by atoms with Gasteiger partial charge in [-0.2, -0.15) is 0 Å². The third-order valence-corrected chi connectivity index (χ3v) is 5.51. The maximum Gasteiger partial charge on any atom is 0.153 e. The Morgan fingerprint density at radius 3 is 2.58 bits per heavy atom. The van der Waals surface area contributed by atoms with Gasteiger partial charge in [0.2, 0.25) is 0 Å². The number of nitrogens with zero attached hydrogens (tertiary/aromatic N) is 1. The third-order valence-electron chi connectivity index (χ3n) is 3.71. The Morgan fingerprint density at radius 2 is 2.00 bits per heavy atom. The van der Waals surface area contributed by atoms with Crippen LogP contribution >= 0.6 is 0 Å². The van der Waals surface area contributed by atoms with Crippen LogP contribution in [-0.2, 0) is 15.4 Å². The monoisotopic (exact) mass is 283 g/mol. The summed E-state index contributed by atoms with van der Waals surface area (Å²) in [6.07, 6.45) is 0. The lowest BCUT2D eigenvalue weighted by Crippen LogP contribution is -2.51. The Labute approximate surface area is 115 Å². The molecule has 0 bridgehead atoms. The van der Waals surface area contributed by atoms with Crippen molar-refractivity contribution >= 4 is 9.84 Å². The minimum atomic E-state index is -2.91. The molecular weight excluding hydrogens is 262 g/mol. The van der Waals surface area contributed by atoms with Crippen LogP contribution in [0.25, 0.3) is 0 Å². The molecule has 0 amide bonds. The van der Waals surface area contributed by atoms with Crippen LogP contribution in [0.15, 0.2) is 30.3 Å². The summed E-state index contributed by atoms with van der Waals surface area (Å²) in [5.41, 5.74) is -0.105. The minimum absolute atomic E-state index is 0.0473. The molecule has 4 nitrogen and oxygen atoms in total. The van der Waals surface area contributed by atoms with Gasteiger partial charge in [0, 0.05) is 19.1 Å². The lowest BCUT2D eigenvalue weighted by molar-refractivity contribution is 0.00743. The molecule has 2 atom stereocenters. The summed E-state index contributed by atoms with van der Waals surface area (Å²) in [5.74, 6) is 0.361. The molecule has 1 N–H and O–H groups in total. The summed E-state index contributed by atoms with van der Waals surface area (Å²) in [6.45, 7) is 4.62.